The van der Waals surface area contributed by atoms with Crippen LogP contribution in [-0.4, -0.2) is 32.5 Å². The fraction of sp³-hybridized carbons (Fsp3) is 0.812. The van der Waals surface area contributed by atoms with Crippen LogP contribution < -0.4 is 0 Å². The van der Waals surface area contributed by atoms with Gasteiger partial charge in [0.25, 0.3) is 0 Å². The zero-order valence-corrected chi connectivity index (χ0v) is 18.4. The Labute approximate surface area is 182 Å². The number of ether oxygens (including phenoxy) is 1. The van der Waals surface area contributed by atoms with Crippen LogP contribution in [0.15, 0.2) is 10.1 Å². The Kier molecular flexibility index (Phi) is 6.08. The molecule has 142 valence electrons. The summed E-state index contributed by atoms with van der Waals surface area (Å²) in [5, 5.41) is 0.410. The van der Waals surface area contributed by atoms with Gasteiger partial charge in [-0.1, -0.05) is 46.4 Å². The molecule has 0 amide bonds. The van der Waals surface area contributed by atoms with Crippen molar-refractivity contribution in [1.82, 2.24) is 0 Å². The van der Waals surface area contributed by atoms with E-state index < -0.39 is 14.1 Å². The van der Waals surface area contributed by atoms with Crippen molar-refractivity contribution in [2.24, 2.45) is 17.8 Å². The van der Waals surface area contributed by atoms with Crippen molar-refractivity contribution in [1.29, 1.82) is 0 Å². The number of esters is 1. The van der Waals surface area contributed by atoms with Crippen LogP contribution in [0, 0.1) is 17.8 Å². The Hall–Kier alpha value is 1.24. The number of alkyl halides is 5. The number of halogens is 7. The third-order valence-corrected chi connectivity index (χ3v) is 10.3. The number of unbranched alkanes of at least 4 members (excludes halogenated alkanes) is 1. The van der Waals surface area contributed by atoms with E-state index in [1.54, 1.807) is 0 Å². The normalized spacial score (nSPS) is 41.8. The quantitative estimate of drug-likeness (QED) is 0.253. The molecule has 3 aliphatic rings. The average molecular weight is 489 g/mol. The molecule has 0 aromatic heterocycles. The Morgan fingerprint density at radius 3 is 2.20 bits per heavy atom. The van der Waals surface area contributed by atoms with Crippen molar-refractivity contribution in [3.8, 4) is 0 Å². The van der Waals surface area contributed by atoms with Crippen molar-refractivity contribution in [2.75, 3.05) is 12.5 Å². The molecule has 25 heavy (non-hydrogen) atoms. The van der Waals surface area contributed by atoms with Crippen molar-refractivity contribution in [3.05, 3.63) is 10.1 Å². The van der Waals surface area contributed by atoms with E-state index in [4.69, 9.17) is 85.9 Å². The van der Waals surface area contributed by atoms with Crippen molar-refractivity contribution >= 4 is 87.2 Å². The molecule has 0 spiro atoms. The van der Waals surface area contributed by atoms with Gasteiger partial charge in [0.2, 0.25) is 0 Å². The van der Waals surface area contributed by atoms with Crippen LogP contribution in [0.5, 0.6) is 0 Å². The van der Waals surface area contributed by atoms with E-state index in [1.807, 2.05) is 0 Å². The summed E-state index contributed by atoms with van der Waals surface area (Å²) in [6.45, 7) is 0.364. The number of allylic oxidation sites excluding steroid dienone is 2. The fourth-order valence-corrected chi connectivity index (χ4v) is 7.76. The number of fused-ring (bicyclic) bond motifs is 5. The minimum absolute atomic E-state index is 0.142. The maximum absolute atomic E-state index is 12.4. The molecule has 3 aliphatic carbocycles. The fourth-order valence-electron chi connectivity index (χ4n) is 4.44. The smallest absolute Gasteiger partial charge is 0.308 e. The number of carbonyl (C=O) groups excluding carboxylic acids is 1. The van der Waals surface area contributed by atoms with Gasteiger partial charge in [-0.3, -0.25) is 4.79 Å². The lowest BCUT2D eigenvalue weighted by atomic mass is 9.69. The summed E-state index contributed by atoms with van der Waals surface area (Å²) in [5.74, 6) is -0.348. The SMILES string of the molecule is O=C(OCCCCCl)[C@@H]1CC[C@@H]2[C@H](C1)[C@]1(Cl)C(Cl)=C(Cl)[C@]2(Cl)C1(Cl)Cl. The highest BCUT2D eigenvalue weighted by atomic mass is 35.5. The Morgan fingerprint density at radius 2 is 1.60 bits per heavy atom. The average Bonchev–Trinajstić information content (AvgIpc) is 2.79. The molecule has 0 aromatic rings. The van der Waals surface area contributed by atoms with Crippen molar-refractivity contribution < 1.29 is 9.53 Å². The van der Waals surface area contributed by atoms with Crippen molar-refractivity contribution in [3.63, 3.8) is 0 Å². The molecule has 0 saturated heterocycles. The van der Waals surface area contributed by atoms with E-state index in [9.17, 15) is 4.79 Å². The summed E-state index contributed by atoms with van der Waals surface area (Å²) >= 11 is 45.1. The van der Waals surface area contributed by atoms with Crippen LogP contribution in [0.2, 0.25) is 0 Å². The Morgan fingerprint density at radius 1 is 1.00 bits per heavy atom. The summed E-state index contributed by atoms with van der Waals surface area (Å²) < 4.78 is 3.82. The van der Waals surface area contributed by atoms with E-state index in [0.29, 0.717) is 31.7 Å². The molecule has 0 N–H and O–H groups in total. The predicted molar refractivity (Wildman–Crippen MR) is 106 cm³/mol. The molecule has 5 atom stereocenters. The highest BCUT2D eigenvalue weighted by Gasteiger charge is 2.82. The second-order valence-electron chi connectivity index (χ2n) is 6.91. The second-order valence-corrected chi connectivity index (χ2v) is 10.6. The molecule has 0 unspecified atom stereocenters. The molecule has 2 fully saturated rings. The number of rotatable bonds is 5. The lowest BCUT2D eigenvalue weighted by Crippen LogP contribution is -2.44. The first-order chi connectivity index (χ1) is 11.6. The van der Waals surface area contributed by atoms with Crippen LogP contribution in [0.3, 0.4) is 0 Å². The van der Waals surface area contributed by atoms with Gasteiger partial charge in [-0.2, -0.15) is 0 Å². The molecule has 0 aliphatic heterocycles. The Bertz CT molecular complexity index is 607. The van der Waals surface area contributed by atoms with Gasteiger partial charge >= 0.3 is 5.97 Å². The van der Waals surface area contributed by atoms with Crippen LogP contribution in [-0.2, 0) is 9.53 Å². The molecule has 0 heterocycles. The first kappa shape index (κ1) is 21.0. The lowest BCUT2D eigenvalue weighted by Gasteiger charge is -2.42. The topological polar surface area (TPSA) is 26.3 Å². The third-order valence-electron chi connectivity index (χ3n) is 5.72. The highest BCUT2D eigenvalue weighted by molar-refractivity contribution is 6.65. The molecular weight excluding hydrogens is 472 g/mol. The van der Waals surface area contributed by atoms with E-state index in [1.165, 1.54) is 0 Å². The standard InChI is InChI=1S/C16H17Cl7O2/c17-5-1-2-6-25-13(24)8-3-4-9-10(7-8)15(21)12(19)11(18)14(9,20)16(15,22)23/h8-10H,1-7H2/t8-,9-,10+,14+,15+/m1/s1. The largest absolute Gasteiger partial charge is 0.465 e. The van der Waals surface area contributed by atoms with E-state index in [-0.39, 0.29) is 33.8 Å². The van der Waals surface area contributed by atoms with Gasteiger partial charge in [-0.05, 0) is 43.9 Å². The first-order valence-corrected chi connectivity index (χ1v) is 11.0. The third kappa shape index (κ3) is 2.76. The zero-order valence-electron chi connectivity index (χ0n) is 13.1. The molecule has 3 rings (SSSR count). The minimum Gasteiger partial charge on any atom is -0.465 e. The maximum atomic E-state index is 12.4. The molecule has 9 heteroatoms. The van der Waals surface area contributed by atoms with Gasteiger partial charge in [0, 0.05) is 5.88 Å². The van der Waals surface area contributed by atoms with Gasteiger partial charge < -0.3 is 4.74 Å². The van der Waals surface area contributed by atoms with Crippen LogP contribution in [0.25, 0.3) is 0 Å². The molecular formula is C16H17Cl7O2. The summed E-state index contributed by atoms with van der Waals surface area (Å²) in [6.07, 6.45) is 3.28. The van der Waals surface area contributed by atoms with Gasteiger partial charge in [-0.25, -0.2) is 0 Å². The van der Waals surface area contributed by atoms with Gasteiger partial charge in [-0.15, -0.1) is 34.8 Å². The molecule has 2 nitrogen and oxygen atoms in total. The Balaban J connectivity index is 1.78. The minimum atomic E-state index is -1.54. The monoisotopic (exact) mass is 486 g/mol. The summed E-state index contributed by atoms with van der Waals surface area (Å²) in [5.41, 5.74) is 0. The molecule has 2 saturated carbocycles. The van der Waals surface area contributed by atoms with Crippen LogP contribution in [0.1, 0.15) is 32.1 Å². The maximum Gasteiger partial charge on any atom is 0.308 e. The van der Waals surface area contributed by atoms with Gasteiger partial charge in [0.05, 0.1) is 22.6 Å². The second kappa shape index (κ2) is 7.25. The molecule has 0 aromatic carbocycles. The summed E-state index contributed by atoms with van der Waals surface area (Å²) in [7, 11) is 0. The van der Waals surface area contributed by atoms with Crippen molar-refractivity contribution in [2.45, 2.75) is 46.2 Å². The van der Waals surface area contributed by atoms with Gasteiger partial charge in [0.15, 0.2) is 4.33 Å². The summed E-state index contributed by atoms with van der Waals surface area (Å²) in [4.78, 5) is 9.86. The molecule has 0 radical (unpaired) electrons. The van der Waals surface area contributed by atoms with Gasteiger partial charge in [0.1, 0.15) is 9.75 Å². The number of carbonyl (C=O) groups is 1. The number of hydrogen-bond donors (Lipinski definition) is 0. The summed E-state index contributed by atoms with van der Waals surface area (Å²) in [6, 6.07) is 0. The zero-order chi connectivity index (χ0) is 18.6. The van der Waals surface area contributed by atoms with Crippen LogP contribution in [0.4, 0.5) is 0 Å². The first-order valence-electron chi connectivity index (χ1n) is 8.18. The van der Waals surface area contributed by atoms with Crippen LogP contribution >= 0.6 is 81.2 Å². The highest BCUT2D eigenvalue weighted by Crippen LogP contribution is 2.78. The van der Waals surface area contributed by atoms with E-state index in [2.05, 4.69) is 0 Å². The lowest BCUT2D eigenvalue weighted by molar-refractivity contribution is -0.150. The predicted octanol–water partition coefficient (Wildman–Crippen LogP) is 6.43. The number of hydrogen-bond acceptors (Lipinski definition) is 2. The molecule has 2 bridgehead atoms. The van der Waals surface area contributed by atoms with E-state index >= 15 is 0 Å². The van der Waals surface area contributed by atoms with E-state index in [0.717, 1.165) is 12.8 Å².